The van der Waals surface area contributed by atoms with E-state index in [0.29, 0.717) is 0 Å². The molecule has 0 unspecified atom stereocenters. The zero-order chi connectivity index (χ0) is 10.7. The van der Waals surface area contributed by atoms with Crippen molar-refractivity contribution in [3.8, 4) is 0 Å². The lowest BCUT2D eigenvalue weighted by molar-refractivity contribution is 0.0586. The number of halogens is 1. The van der Waals surface area contributed by atoms with Crippen molar-refractivity contribution >= 4 is 17.6 Å². The number of ether oxygens (including phenoxy) is 1. The molecule has 0 N–H and O–H groups in total. The maximum atomic E-state index is 11.1. The molecule has 1 aromatic rings. The summed E-state index contributed by atoms with van der Waals surface area (Å²) in [5.41, 5.74) is 0.727. The van der Waals surface area contributed by atoms with E-state index >= 15 is 0 Å². The number of aromatic nitrogens is 2. The average molecular weight is 215 g/mol. The van der Waals surface area contributed by atoms with Crippen molar-refractivity contribution in [2.24, 2.45) is 0 Å². The van der Waals surface area contributed by atoms with Gasteiger partial charge in [0.25, 0.3) is 0 Å². The van der Waals surface area contributed by atoms with Crippen LogP contribution in [0, 0.1) is 0 Å². The molecule has 0 aliphatic carbocycles. The quantitative estimate of drug-likeness (QED) is 0.559. The Kier molecular flexibility index (Phi) is 3.41. The van der Waals surface area contributed by atoms with Gasteiger partial charge in [-0.25, -0.2) is 14.8 Å². The number of nitrogens with zero attached hydrogens (tertiary/aromatic N) is 2. The number of hydrogen-bond donors (Lipinski definition) is 0. The van der Waals surface area contributed by atoms with Crippen LogP contribution in [0.1, 0.15) is 36.1 Å². The summed E-state index contributed by atoms with van der Waals surface area (Å²) in [4.78, 5) is 18.9. The Morgan fingerprint density at radius 3 is 2.64 bits per heavy atom. The zero-order valence-corrected chi connectivity index (χ0v) is 9.00. The minimum atomic E-state index is -0.575. The van der Waals surface area contributed by atoms with E-state index in [9.17, 15) is 4.79 Å². The third-order valence-corrected chi connectivity index (χ3v) is 1.87. The van der Waals surface area contributed by atoms with Crippen LogP contribution >= 0.6 is 11.6 Å². The predicted octanol–water partition coefficient (Wildman–Crippen LogP) is 2.04. The summed E-state index contributed by atoms with van der Waals surface area (Å²) in [7, 11) is 1.28. The van der Waals surface area contributed by atoms with Gasteiger partial charge in [0.2, 0.25) is 5.82 Å². The largest absolute Gasteiger partial charge is 0.463 e. The molecule has 76 valence electrons. The van der Waals surface area contributed by atoms with Crippen molar-refractivity contribution in [1.82, 2.24) is 9.97 Å². The van der Waals surface area contributed by atoms with Crippen molar-refractivity contribution < 1.29 is 9.53 Å². The first-order chi connectivity index (χ1) is 6.54. The molecule has 0 saturated heterocycles. The molecule has 5 heteroatoms. The number of methoxy groups -OCH3 is 1. The topological polar surface area (TPSA) is 52.1 Å². The summed E-state index contributed by atoms with van der Waals surface area (Å²) in [5.74, 6) is -0.378. The number of rotatable bonds is 2. The maximum absolute atomic E-state index is 11.1. The van der Waals surface area contributed by atoms with Crippen molar-refractivity contribution in [1.29, 1.82) is 0 Å². The van der Waals surface area contributed by atoms with E-state index in [0.717, 1.165) is 5.69 Å². The van der Waals surface area contributed by atoms with Gasteiger partial charge in [0.1, 0.15) is 5.15 Å². The smallest absolute Gasteiger partial charge is 0.376 e. The minimum absolute atomic E-state index is 0.00343. The standard InChI is InChI=1S/C9H11ClN2O2/c1-5(2)6-4-7(10)12-8(11-6)9(13)14-3/h4-5H,1-3H3. The Bertz CT molecular complexity index is 353. The third-order valence-electron chi connectivity index (χ3n) is 1.67. The highest BCUT2D eigenvalue weighted by Crippen LogP contribution is 2.15. The van der Waals surface area contributed by atoms with Crippen molar-refractivity contribution in [2.75, 3.05) is 7.11 Å². The highest BCUT2D eigenvalue weighted by atomic mass is 35.5. The molecule has 0 aromatic carbocycles. The molecule has 4 nitrogen and oxygen atoms in total. The fraction of sp³-hybridized carbons (Fsp3) is 0.444. The van der Waals surface area contributed by atoms with Gasteiger partial charge in [-0.2, -0.15) is 0 Å². The molecule has 0 atom stereocenters. The van der Waals surface area contributed by atoms with Crippen LogP contribution in [0.15, 0.2) is 6.07 Å². The molecule has 0 spiro atoms. The molecule has 14 heavy (non-hydrogen) atoms. The van der Waals surface area contributed by atoms with Gasteiger partial charge in [-0.15, -0.1) is 0 Å². The SMILES string of the molecule is COC(=O)c1nc(Cl)cc(C(C)C)n1. The maximum Gasteiger partial charge on any atom is 0.376 e. The van der Waals surface area contributed by atoms with Gasteiger partial charge in [-0.3, -0.25) is 0 Å². The molecule has 0 radical (unpaired) electrons. The molecule has 0 saturated carbocycles. The normalized spacial score (nSPS) is 10.4. The third kappa shape index (κ3) is 2.42. The first kappa shape index (κ1) is 10.9. The molecule has 0 bridgehead atoms. The summed E-state index contributed by atoms with van der Waals surface area (Å²) in [5, 5.41) is 0.254. The summed E-state index contributed by atoms with van der Waals surface area (Å²) >= 11 is 5.74. The Morgan fingerprint density at radius 1 is 1.50 bits per heavy atom. The lowest BCUT2D eigenvalue weighted by Crippen LogP contribution is -2.09. The summed E-state index contributed by atoms with van der Waals surface area (Å²) in [6, 6.07) is 1.64. The fourth-order valence-electron chi connectivity index (χ4n) is 0.913. The van der Waals surface area contributed by atoms with Crippen molar-refractivity contribution in [3.05, 3.63) is 22.7 Å². The van der Waals surface area contributed by atoms with Gasteiger partial charge in [-0.05, 0) is 12.0 Å². The summed E-state index contributed by atoms with van der Waals surface area (Å²) in [6.45, 7) is 3.92. The van der Waals surface area contributed by atoms with E-state index in [4.69, 9.17) is 11.6 Å². The first-order valence-electron chi connectivity index (χ1n) is 4.17. The predicted molar refractivity (Wildman–Crippen MR) is 52.5 cm³/mol. The van der Waals surface area contributed by atoms with Crippen molar-refractivity contribution in [2.45, 2.75) is 19.8 Å². The molecular weight excluding hydrogens is 204 g/mol. The van der Waals surface area contributed by atoms with E-state index in [1.165, 1.54) is 7.11 Å². The number of hydrogen-bond acceptors (Lipinski definition) is 4. The molecule has 0 aliphatic rings. The number of carbonyl (C=O) groups excluding carboxylic acids is 1. The molecule has 0 aliphatic heterocycles. The highest BCUT2D eigenvalue weighted by molar-refractivity contribution is 6.29. The minimum Gasteiger partial charge on any atom is -0.463 e. The van der Waals surface area contributed by atoms with Crippen LogP contribution in [0.5, 0.6) is 0 Å². The lowest BCUT2D eigenvalue weighted by atomic mass is 10.1. The molecule has 1 aromatic heterocycles. The monoisotopic (exact) mass is 214 g/mol. The fourth-order valence-corrected chi connectivity index (χ4v) is 1.11. The highest BCUT2D eigenvalue weighted by Gasteiger charge is 2.13. The molecule has 0 amide bonds. The molecule has 1 rings (SSSR count). The van der Waals surface area contributed by atoms with E-state index < -0.39 is 5.97 Å². The van der Waals surface area contributed by atoms with Crippen molar-refractivity contribution in [3.63, 3.8) is 0 Å². The molecular formula is C9H11ClN2O2. The first-order valence-corrected chi connectivity index (χ1v) is 4.55. The molecule has 1 heterocycles. The van der Waals surface area contributed by atoms with Gasteiger partial charge >= 0.3 is 5.97 Å². The number of esters is 1. The van der Waals surface area contributed by atoms with E-state index in [1.807, 2.05) is 13.8 Å². The zero-order valence-electron chi connectivity index (χ0n) is 8.24. The van der Waals surface area contributed by atoms with E-state index in [-0.39, 0.29) is 16.9 Å². The average Bonchev–Trinajstić information content (AvgIpc) is 2.15. The summed E-state index contributed by atoms with van der Waals surface area (Å²) < 4.78 is 4.50. The van der Waals surface area contributed by atoms with Crippen LogP contribution < -0.4 is 0 Å². The van der Waals surface area contributed by atoms with E-state index in [1.54, 1.807) is 6.07 Å². The van der Waals surface area contributed by atoms with E-state index in [2.05, 4.69) is 14.7 Å². The van der Waals surface area contributed by atoms with Crippen LogP contribution in [0.25, 0.3) is 0 Å². The summed E-state index contributed by atoms with van der Waals surface area (Å²) in [6.07, 6.45) is 0. The van der Waals surface area contributed by atoms with Gasteiger partial charge in [0, 0.05) is 5.69 Å². The second-order valence-corrected chi connectivity index (χ2v) is 3.47. The van der Waals surface area contributed by atoms with Crippen LogP contribution in [0.4, 0.5) is 0 Å². The van der Waals surface area contributed by atoms with Crippen LogP contribution in [0.3, 0.4) is 0 Å². The number of carbonyl (C=O) groups is 1. The van der Waals surface area contributed by atoms with Gasteiger partial charge in [-0.1, -0.05) is 25.4 Å². The Labute approximate surface area is 87.3 Å². The van der Waals surface area contributed by atoms with Crippen LogP contribution in [0.2, 0.25) is 5.15 Å². The van der Waals surface area contributed by atoms with Gasteiger partial charge in [0.05, 0.1) is 7.11 Å². The van der Waals surface area contributed by atoms with Gasteiger partial charge < -0.3 is 4.74 Å². The Morgan fingerprint density at radius 2 is 2.14 bits per heavy atom. The Balaban J connectivity index is 3.13. The van der Waals surface area contributed by atoms with Crippen LogP contribution in [-0.4, -0.2) is 23.0 Å². The van der Waals surface area contributed by atoms with Gasteiger partial charge in [0.15, 0.2) is 0 Å². The Hall–Kier alpha value is -1.16. The second-order valence-electron chi connectivity index (χ2n) is 3.09. The molecule has 0 fully saturated rings. The lowest BCUT2D eigenvalue weighted by Gasteiger charge is -2.05. The second kappa shape index (κ2) is 4.37. The van der Waals surface area contributed by atoms with Crippen LogP contribution in [-0.2, 0) is 4.74 Å².